The third-order valence-corrected chi connectivity index (χ3v) is 3.97. The van der Waals surface area contributed by atoms with E-state index in [4.69, 9.17) is 10.5 Å². The number of halogens is 1. The number of benzene rings is 2. The highest BCUT2D eigenvalue weighted by Gasteiger charge is 2.32. The Kier molecular flexibility index (Phi) is 3.33. The molecule has 2 aromatic carbocycles. The number of nitrogens with two attached hydrogens (primary N) is 1. The molecule has 1 unspecified atom stereocenters. The van der Waals surface area contributed by atoms with E-state index in [1.807, 2.05) is 30.3 Å². The Labute approximate surface area is 121 Å². The Balaban J connectivity index is 1.82. The third kappa shape index (κ3) is 2.82. The summed E-state index contributed by atoms with van der Waals surface area (Å²) < 4.78 is 6.89. The van der Waals surface area contributed by atoms with Gasteiger partial charge >= 0.3 is 0 Å². The Bertz CT molecular complexity index is 599. The van der Waals surface area contributed by atoms with Crippen LogP contribution < -0.4 is 10.5 Å². The Morgan fingerprint density at radius 1 is 1.16 bits per heavy atom. The Hall–Kier alpha value is -1.32. The van der Waals surface area contributed by atoms with Crippen molar-refractivity contribution in [2.24, 2.45) is 5.73 Å². The number of fused-ring (bicyclic) bond motifs is 1. The second-order valence-corrected chi connectivity index (χ2v) is 6.16. The van der Waals surface area contributed by atoms with Crippen LogP contribution in [0.2, 0.25) is 0 Å². The molecule has 2 aromatic rings. The van der Waals surface area contributed by atoms with Gasteiger partial charge in [0.1, 0.15) is 12.4 Å². The van der Waals surface area contributed by atoms with E-state index in [1.54, 1.807) is 0 Å². The lowest BCUT2D eigenvalue weighted by atomic mass is 9.84. The summed E-state index contributed by atoms with van der Waals surface area (Å²) in [7, 11) is 0. The molecule has 0 spiro atoms. The fraction of sp³-hybridized carbons (Fsp3) is 0.250. The van der Waals surface area contributed by atoms with Crippen molar-refractivity contribution in [3.05, 3.63) is 64.1 Å². The zero-order chi connectivity index (χ0) is 13.3. The number of ether oxygens (including phenoxy) is 1. The van der Waals surface area contributed by atoms with E-state index in [-0.39, 0.29) is 5.54 Å². The fourth-order valence-corrected chi connectivity index (χ4v) is 3.06. The first kappa shape index (κ1) is 12.7. The molecule has 2 N–H and O–H groups in total. The highest BCUT2D eigenvalue weighted by molar-refractivity contribution is 9.10. The van der Waals surface area contributed by atoms with Crippen LogP contribution in [0.25, 0.3) is 0 Å². The van der Waals surface area contributed by atoms with Gasteiger partial charge < -0.3 is 10.5 Å². The average molecular weight is 318 g/mol. The molecular formula is C16H16BrNO. The van der Waals surface area contributed by atoms with Gasteiger partial charge in [-0.15, -0.1) is 0 Å². The van der Waals surface area contributed by atoms with Crippen LogP contribution in [0.4, 0.5) is 0 Å². The third-order valence-electron chi connectivity index (χ3n) is 3.48. The van der Waals surface area contributed by atoms with Crippen LogP contribution in [0.1, 0.15) is 11.1 Å². The molecule has 1 atom stereocenters. The quantitative estimate of drug-likeness (QED) is 0.922. The zero-order valence-electron chi connectivity index (χ0n) is 10.6. The van der Waals surface area contributed by atoms with Crippen LogP contribution in [0.5, 0.6) is 5.75 Å². The second-order valence-electron chi connectivity index (χ2n) is 5.24. The van der Waals surface area contributed by atoms with E-state index >= 15 is 0 Å². The summed E-state index contributed by atoms with van der Waals surface area (Å²) in [5, 5.41) is 0. The van der Waals surface area contributed by atoms with Crippen molar-refractivity contribution in [2.75, 3.05) is 6.61 Å². The summed E-state index contributed by atoms with van der Waals surface area (Å²) in [4.78, 5) is 0. The predicted octanol–water partition coefficient (Wildman–Crippen LogP) is 3.32. The van der Waals surface area contributed by atoms with E-state index < -0.39 is 0 Å². The summed E-state index contributed by atoms with van der Waals surface area (Å²) in [5.41, 5.74) is 8.63. The van der Waals surface area contributed by atoms with Gasteiger partial charge in [0, 0.05) is 4.47 Å². The van der Waals surface area contributed by atoms with E-state index in [0.29, 0.717) is 6.61 Å². The molecule has 0 saturated carbocycles. The topological polar surface area (TPSA) is 35.2 Å². The predicted molar refractivity (Wildman–Crippen MR) is 80.4 cm³/mol. The van der Waals surface area contributed by atoms with Crippen molar-refractivity contribution in [1.29, 1.82) is 0 Å². The summed E-state index contributed by atoms with van der Waals surface area (Å²) in [6, 6.07) is 16.4. The Morgan fingerprint density at radius 3 is 2.84 bits per heavy atom. The van der Waals surface area contributed by atoms with Gasteiger partial charge in [-0.1, -0.05) is 46.3 Å². The van der Waals surface area contributed by atoms with Gasteiger partial charge in [-0.2, -0.15) is 0 Å². The molecule has 0 bridgehead atoms. The summed E-state index contributed by atoms with van der Waals surface area (Å²) in [6.45, 7) is 0.566. The lowest BCUT2D eigenvalue weighted by molar-refractivity contribution is 0.190. The van der Waals surface area contributed by atoms with Crippen molar-refractivity contribution < 1.29 is 4.74 Å². The second kappa shape index (κ2) is 4.99. The minimum absolute atomic E-state index is 0.324. The molecule has 0 fully saturated rings. The lowest BCUT2D eigenvalue weighted by Crippen LogP contribution is -2.51. The van der Waals surface area contributed by atoms with Gasteiger partial charge in [-0.3, -0.25) is 0 Å². The van der Waals surface area contributed by atoms with Crippen molar-refractivity contribution in [3.8, 4) is 5.75 Å². The average Bonchev–Trinajstić information content (AvgIpc) is 2.38. The first-order valence-corrected chi connectivity index (χ1v) is 7.18. The standard InChI is InChI=1S/C16H16BrNO/c17-14-6-3-4-12(8-14)9-16(18)10-13-5-1-2-7-15(13)19-11-16/h1-8H,9-11,18H2. The molecule has 1 aliphatic heterocycles. The molecule has 0 saturated heterocycles. The molecule has 3 heteroatoms. The monoisotopic (exact) mass is 317 g/mol. The molecule has 0 aliphatic carbocycles. The highest BCUT2D eigenvalue weighted by Crippen LogP contribution is 2.30. The molecule has 0 aromatic heterocycles. The van der Waals surface area contributed by atoms with Crippen LogP contribution in [-0.4, -0.2) is 12.1 Å². The van der Waals surface area contributed by atoms with Crippen LogP contribution in [0, 0.1) is 0 Å². The molecule has 98 valence electrons. The minimum Gasteiger partial charge on any atom is -0.491 e. The first-order chi connectivity index (χ1) is 9.15. The maximum atomic E-state index is 6.52. The maximum Gasteiger partial charge on any atom is 0.122 e. The van der Waals surface area contributed by atoms with Crippen molar-refractivity contribution >= 4 is 15.9 Å². The van der Waals surface area contributed by atoms with Gasteiger partial charge in [0.25, 0.3) is 0 Å². The molecule has 1 aliphatic rings. The van der Waals surface area contributed by atoms with Crippen LogP contribution in [0.3, 0.4) is 0 Å². The number of hydrogen-bond acceptors (Lipinski definition) is 2. The summed E-state index contributed by atoms with van der Waals surface area (Å²) in [6.07, 6.45) is 1.68. The van der Waals surface area contributed by atoms with E-state index in [0.717, 1.165) is 23.1 Å². The van der Waals surface area contributed by atoms with E-state index in [2.05, 4.69) is 34.1 Å². The minimum atomic E-state index is -0.324. The van der Waals surface area contributed by atoms with E-state index in [1.165, 1.54) is 11.1 Å². The number of hydrogen-bond donors (Lipinski definition) is 1. The molecule has 1 heterocycles. The molecule has 0 radical (unpaired) electrons. The largest absolute Gasteiger partial charge is 0.491 e. The first-order valence-electron chi connectivity index (χ1n) is 6.39. The SMILES string of the molecule is NC1(Cc2cccc(Br)c2)COc2ccccc2C1. The Morgan fingerprint density at radius 2 is 2.00 bits per heavy atom. The fourth-order valence-electron chi connectivity index (χ4n) is 2.61. The highest BCUT2D eigenvalue weighted by atomic mass is 79.9. The van der Waals surface area contributed by atoms with Gasteiger partial charge in [-0.05, 0) is 42.2 Å². The molecule has 3 rings (SSSR count). The molecular weight excluding hydrogens is 302 g/mol. The summed E-state index contributed by atoms with van der Waals surface area (Å²) >= 11 is 3.50. The van der Waals surface area contributed by atoms with Gasteiger partial charge in [0.15, 0.2) is 0 Å². The van der Waals surface area contributed by atoms with Gasteiger partial charge in [0.05, 0.1) is 5.54 Å². The van der Waals surface area contributed by atoms with Crippen molar-refractivity contribution in [3.63, 3.8) is 0 Å². The van der Waals surface area contributed by atoms with Crippen LogP contribution in [-0.2, 0) is 12.8 Å². The van der Waals surface area contributed by atoms with Gasteiger partial charge in [-0.25, -0.2) is 0 Å². The normalized spacial score (nSPS) is 21.6. The maximum absolute atomic E-state index is 6.52. The number of rotatable bonds is 2. The number of para-hydroxylation sites is 1. The van der Waals surface area contributed by atoms with Crippen LogP contribution >= 0.6 is 15.9 Å². The van der Waals surface area contributed by atoms with E-state index in [9.17, 15) is 0 Å². The molecule has 19 heavy (non-hydrogen) atoms. The lowest BCUT2D eigenvalue weighted by Gasteiger charge is -2.34. The summed E-state index contributed by atoms with van der Waals surface area (Å²) in [5.74, 6) is 0.970. The zero-order valence-corrected chi connectivity index (χ0v) is 12.2. The molecule has 2 nitrogen and oxygen atoms in total. The smallest absolute Gasteiger partial charge is 0.122 e. The van der Waals surface area contributed by atoms with Crippen molar-refractivity contribution in [1.82, 2.24) is 0 Å². The van der Waals surface area contributed by atoms with Gasteiger partial charge in [0.2, 0.25) is 0 Å². The van der Waals surface area contributed by atoms with Crippen LogP contribution in [0.15, 0.2) is 53.0 Å². The van der Waals surface area contributed by atoms with Crippen molar-refractivity contribution in [2.45, 2.75) is 18.4 Å². The molecule has 0 amide bonds.